The van der Waals surface area contributed by atoms with Crippen LogP contribution in [-0.2, 0) is 4.79 Å². The van der Waals surface area contributed by atoms with Crippen LogP contribution in [0.1, 0.15) is 0 Å². The van der Waals surface area contributed by atoms with Crippen LogP contribution in [0.5, 0.6) is 0 Å². The summed E-state index contributed by atoms with van der Waals surface area (Å²) in [6, 6.07) is 14.9. The van der Waals surface area contributed by atoms with Gasteiger partial charge in [0.25, 0.3) is 0 Å². The van der Waals surface area contributed by atoms with E-state index in [0.29, 0.717) is 17.3 Å². The first-order valence-corrected chi connectivity index (χ1v) is 11.2. The van der Waals surface area contributed by atoms with Gasteiger partial charge in [-0.1, -0.05) is 29.8 Å². The molecule has 1 N–H and O–H groups in total. The summed E-state index contributed by atoms with van der Waals surface area (Å²) in [6.07, 6.45) is 1.64. The number of piperazine rings is 1. The van der Waals surface area contributed by atoms with Crippen LogP contribution in [0.4, 0.5) is 17.1 Å². The molecule has 0 radical (unpaired) electrons. The van der Waals surface area contributed by atoms with E-state index >= 15 is 0 Å². The number of hydrogen-bond acceptors (Lipinski definition) is 5. The highest BCUT2D eigenvalue weighted by atomic mass is 35.5. The zero-order chi connectivity index (χ0) is 22.7. The first kappa shape index (κ1) is 22.5. The van der Waals surface area contributed by atoms with Crippen molar-refractivity contribution in [2.45, 2.75) is 0 Å². The molecule has 8 heteroatoms. The molecule has 2 aliphatic rings. The molecule has 1 unspecified atom stereocenters. The minimum Gasteiger partial charge on any atom is -0.331 e. The Morgan fingerprint density at radius 1 is 1.06 bits per heavy atom. The van der Waals surface area contributed by atoms with Crippen molar-refractivity contribution in [1.29, 1.82) is 5.41 Å². The van der Waals surface area contributed by atoms with Gasteiger partial charge in [0.15, 0.2) is 0 Å². The maximum absolute atomic E-state index is 13.7. The van der Waals surface area contributed by atoms with Crippen LogP contribution in [0.2, 0.25) is 5.02 Å². The molecule has 0 aromatic heterocycles. The van der Waals surface area contributed by atoms with Crippen molar-refractivity contribution in [3.8, 4) is 0 Å². The molecule has 1 saturated heterocycles. The van der Waals surface area contributed by atoms with E-state index in [-0.39, 0.29) is 11.7 Å². The van der Waals surface area contributed by atoms with Crippen LogP contribution in [-0.4, -0.2) is 81.1 Å². The number of amidine groups is 1. The molecule has 32 heavy (non-hydrogen) atoms. The predicted molar refractivity (Wildman–Crippen MR) is 132 cm³/mol. The van der Waals surface area contributed by atoms with Crippen LogP contribution >= 0.6 is 11.6 Å². The fraction of sp³-hybridized carbons (Fsp3) is 0.375. The number of aliphatic imine (C=N–C) groups is 1. The average molecular weight is 453 g/mol. The number of anilines is 3. The van der Waals surface area contributed by atoms with Crippen molar-refractivity contribution in [3.63, 3.8) is 0 Å². The van der Waals surface area contributed by atoms with Crippen molar-refractivity contribution in [3.05, 3.63) is 53.6 Å². The van der Waals surface area contributed by atoms with Gasteiger partial charge in [-0.2, -0.15) is 0 Å². The van der Waals surface area contributed by atoms with E-state index in [0.717, 1.165) is 44.1 Å². The number of carbonyl (C=O) groups excluding carboxylic acids is 1. The van der Waals surface area contributed by atoms with E-state index in [1.165, 1.54) is 0 Å². The van der Waals surface area contributed by atoms with Crippen molar-refractivity contribution in [1.82, 2.24) is 9.80 Å². The molecule has 4 rings (SSSR count). The van der Waals surface area contributed by atoms with Gasteiger partial charge in [-0.3, -0.25) is 25.0 Å². The number of likely N-dealkylation sites (N-methyl/N-ethyl adjacent to an activating group) is 1. The summed E-state index contributed by atoms with van der Waals surface area (Å²) in [5.74, 6) is -0.795. The molecule has 0 spiro atoms. The molecule has 2 aliphatic heterocycles. The first-order valence-electron chi connectivity index (χ1n) is 10.9. The van der Waals surface area contributed by atoms with Crippen LogP contribution in [0.15, 0.2) is 53.5 Å². The fourth-order valence-corrected chi connectivity index (χ4v) is 4.27. The van der Waals surface area contributed by atoms with Crippen LogP contribution < -0.4 is 9.80 Å². The van der Waals surface area contributed by atoms with Crippen molar-refractivity contribution in [2.75, 3.05) is 63.2 Å². The second-order valence-corrected chi connectivity index (χ2v) is 8.70. The highest BCUT2D eigenvalue weighted by Gasteiger charge is 2.36. The molecule has 0 bridgehead atoms. The Hall–Kier alpha value is -2.74. The highest BCUT2D eigenvalue weighted by Crippen LogP contribution is 2.40. The van der Waals surface area contributed by atoms with Gasteiger partial charge < -0.3 is 9.80 Å². The number of halogens is 1. The van der Waals surface area contributed by atoms with Gasteiger partial charge in [0.2, 0.25) is 5.91 Å². The van der Waals surface area contributed by atoms with Crippen molar-refractivity contribution in [2.24, 2.45) is 10.9 Å². The zero-order valence-electron chi connectivity index (χ0n) is 18.5. The lowest BCUT2D eigenvalue weighted by Gasteiger charge is -2.31. The number of hydrogen-bond donors (Lipinski definition) is 1. The number of fused-ring (bicyclic) bond motifs is 1. The third-order valence-electron chi connectivity index (χ3n) is 6.09. The van der Waals surface area contributed by atoms with E-state index in [1.807, 2.05) is 43.4 Å². The third kappa shape index (κ3) is 4.70. The number of benzene rings is 2. The number of nitrogens with zero attached hydrogens (tertiary/aromatic N) is 5. The van der Waals surface area contributed by atoms with Gasteiger partial charge in [0, 0.05) is 56.7 Å². The quantitative estimate of drug-likeness (QED) is 0.706. The van der Waals surface area contributed by atoms with E-state index in [4.69, 9.17) is 17.0 Å². The van der Waals surface area contributed by atoms with Gasteiger partial charge in [-0.25, -0.2) is 0 Å². The third-order valence-corrected chi connectivity index (χ3v) is 6.33. The summed E-state index contributed by atoms with van der Waals surface area (Å²) in [7, 11) is 3.95. The fourth-order valence-electron chi connectivity index (χ4n) is 4.10. The summed E-state index contributed by atoms with van der Waals surface area (Å²) in [5, 5.41) is 9.29. The normalized spacial score (nSPS) is 20.7. The lowest BCUT2D eigenvalue weighted by Crippen LogP contribution is -2.45. The summed E-state index contributed by atoms with van der Waals surface area (Å²) in [5.41, 5.74) is 2.15. The van der Waals surface area contributed by atoms with E-state index in [9.17, 15) is 4.79 Å². The molecule has 0 saturated carbocycles. The van der Waals surface area contributed by atoms with Gasteiger partial charge in [-0.15, -0.1) is 0 Å². The lowest BCUT2D eigenvalue weighted by atomic mass is 10.1. The highest BCUT2D eigenvalue weighted by molar-refractivity contribution is 6.32. The molecule has 7 nitrogen and oxygen atoms in total. The maximum Gasteiger partial charge on any atom is 0.247 e. The topological polar surface area (TPSA) is 66.2 Å². The molecule has 2 aromatic rings. The maximum atomic E-state index is 13.7. The second kappa shape index (κ2) is 9.81. The van der Waals surface area contributed by atoms with Gasteiger partial charge in [0.05, 0.1) is 17.9 Å². The molecule has 168 valence electrons. The largest absolute Gasteiger partial charge is 0.331 e. The standard InChI is InChI=1S/C24H29ClN6O/c1-28-12-14-30(15-13-28)11-10-27-17-20-23(26)29(2)21-9-8-18(25)16-22(21)31(24(20)32)19-6-4-3-5-7-19/h3-9,16-17,20,26H,10-15H2,1-2H3. The van der Waals surface area contributed by atoms with Crippen LogP contribution in [0.3, 0.4) is 0 Å². The van der Waals surface area contributed by atoms with E-state index in [2.05, 4.69) is 21.8 Å². The summed E-state index contributed by atoms with van der Waals surface area (Å²) >= 11 is 6.29. The number of rotatable bonds is 5. The van der Waals surface area contributed by atoms with Gasteiger partial charge in [-0.05, 0) is 37.4 Å². The summed E-state index contributed by atoms with van der Waals surface area (Å²) < 4.78 is 0. The molecule has 2 aromatic carbocycles. The lowest BCUT2D eigenvalue weighted by molar-refractivity contribution is -0.118. The Balaban J connectivity index is 1.60. The SMILES string of the molecule is CN1CCN(CCN=CC2C(=N)N(C)c3ccc(Cl)cc3N(c3ccccc3)C2=O)CC1. The van der Waals surface area contributed by atoms with Crippen molar-refractivity contribution < 1.29 is 4.79 Å². The average Bonchev–Trinajstić information content (AvgIpc) is 2.87. The monoisotopic (exact) mass is 452 g/mol. The Morgan fingerprint density at radius 2 is 1.78 bits per heavy atom. The molecular formula is C24H29ClN6O. The molecular weight excluding hydrogens is 424 g/mol. The number of carbonyl (C=O) groups is 1. The Morgan fingerprint density at radius 3 is 2.50 bits per heavy atom. The second-order valence-electron chi connectivity index (χ2n) is 8.26. The molecule has 2 heterocycles. The summed E-state index contributed by atoms with van der Waals surface area (Å²) in [4.78, 5) is 26.4. The smallest absolute Gasteiger partial charge is 0.247 e. The van der Waals surface area contributed by atoms with E-state index in [1.54, 1.807) is 28.1 Å². The van der Waals surface area contributed by atoms with Crippen LogP contribution in [0, 0.1) is 11.3 Å². The molecule has 0 aliphatic carbocycles. The molecule has 1 amide bonds. The number of para-hydroxylation sites is 1. The first-order chi connectivity index (χ1) is 15.5. The van der Waals surface area contributed by atoms with E-state index < -0.39 is 5.92 Å². The summed E-state index contributed by atoms with van der Waals surface area (Å²) in [6.45, 7) is 5.65. The predicted octanol–water partition coefficient (Wildman–Crippen LogP) is 3.37. The minimum atomic E-state index is -0.779. The number of amides is 1. The Kier molecular flexibility index (Phi) is 6.89. The van der Waals surface area contributed by atoms with Gasteiger partial charge >= 0.3 is 0 Å². The Bertz CT molecular complexity index is 1000. The minimum absolute atomic E-state index is 0.195. The molecule has 1 fully saturated rings. The Labute approximate surface area is 194 Å². The zero-order valence-corrected chi connectivity index (χ0v) is 19.3. The van der Waals surface area contributed by atoms with Crippen LogP contribution in [0.25, 0.3) is 0 Å². The number of nitrogens with one attached hydrogen (secondary N) is 1. The molecule has 1 atom stereocenters. The van der Waals surface area contributed by atoms with Crippen molar-refractivity contribution >= 4 is 46.6 Å². The van der Waals surface area contributed by atoms with Gasteiger partial charge in [0.1, 0.15) is 11.8 Å².